The molecule has 0 spiro atoms. The minimum Gasteiger partial charge on any atom is -1.00 e. The van der Waals surface area contributed by atoms with Crippen LogP contribution in [0.4, 0.5) is 0 Å². The largest absolute Gasteiger partial charge is 4.00 e. The van der Waals surface area contributed by atoms with Crippen molar-refractivity contribution in [2.75, 3.05) is 0 Å². The molecule has 0 atom stereocenters. The number of benzene rings is 3. The minimum absolute atomic E-state index is 0. The van der Waals surface area contributed by atoms with Crippen molar-refractivity contribution in [3.8, 4) is 22.3 Å². The second-order valence-corrected chi connectivity index (χ2v) is 6.99. The van der Waals surface area contributed by atoms with E-state index < -0.39 is 0 Å². The number of halogens is 3. The predicted octanol–water partition coefficient (Wildman–Crippen LogP) is 0.898. The third kappa shape index (κ3) is 5.74. The van der Waals surface area contributed by atoms with Gasteiger partial charge in [-0.05, 0) is 18.6 Å². The summed E-state index contributed by atoms with van der Waals surface area (Å²) < 4.78 is 1.12. The van der Waals surface area contributed by atoms with Gasteiger partial charge in [-0.25, -0.2) is 6.07 Å². The Morgan fingerprint density at radius 2 is 1.50 bits per heavy atom. The van der Waals surface area contributed by atoms with Crippen LogP contribution in [0.3, 0.4) is 0 Å². The van der Waals surface area contributed by atoms with E-state index >= 15 is 0 Å². The monoisotopic (exact) mass is 544 g/mol. The Balaban J connectivity index is 0.000000254. The van der Waals surface area contributed by atoms with Crippen molar-refractivity contribution in [1.82, 2.24) is 0 Å². The van der Waals surface area contributed by atoms with E-state index in [2.05, 4.69) is 107 Å². The van der Waals surface area contributed by atoms with Gasteiger partial charge in [-0.15, -0.1) is 5.56 Å². The molecule has 0 N–H and O–H groups in total. The quantitative estimate of drug-likeness (QED) is 0.274. The fourth-order valence-electron chi connectivity index (χ4n) is 3.21. The summed E-state index contributed by atoms with van der Waals surface area (Å²) in [6.45, 7) is 0. The van der Waals surface area contributed by atoms with E-state index in [-0.39, 0.29) is 51.0 Å². The van der Waals surface area contributed by atoms with E-state index in [1.165, 1.54) is 33.4 Å². The van der Waals surface area contributed by atoms with Crippen LogP contribution < -0.4 is 24.8 Å². The summed E-state index contributed by atoms with van der Waals surface area (Å²) in [5, 5.41) is 0. The molecule has 0 heterocycles. The van der Waals surface area contributed by atoms with E-state index in [0.717, 1.165) is 10.9 Å². The molecule has 0 saturated heterocycles. The fourth-order valence-corrected chi connectivity index (χ4v) is 3.47. The number of fused-ring (bicyclic) bond motifs is 3. The van der Waals surface area contributed by atoms with Gasteiger partial charge in [0.1, 0.15) is 0 Å². The third-order valence-corrected chi connectivity index (χ3v) is 4.99. The van der Waals surface area contributed by atoms with Gasteiger partial charge in [0.25, 0.3) is 0 Å². The van der Waals surface area contributed by atoms with E-state index in [0.29, 0.717) is 0 Å². The van der Waals surface area contributed by atoms with Crippen molar-refractivity contribution in [1.29, 1.82) is 0 Å². The Bertz CT molecular complexity index is 936. The van der Waals surface area contributed by atoms with Crippen LogP contribution in [0.15, 0.2) is 95.5 Å². The summed E-state index contributed by atoms with van der Waals surface area (Å²) in [6.07, 6.45) is 1.05. The first kappa shape index (κ1) is 25.0. The molecule has 4 heteroatoms. The van der Waals surface area contributed by atoms with Crippen LogP contribution in [-0.2, 0) is 32.6 Å². The maximum Gasteiger partial charge on any atom is 4.00 e. The molecule has 138 valence electrons. The van der Waals surface area contributed by atoms with Crippen LogP contribution in [0.5, 0.6) is 0 Å². The Morgan fingerprint density at radius 3 is 2.21 bits per heavy atom. The summed E-state index contributed by atoms with van der Waals surface area (Å²) in [5.41, 5.74) is 8.06. The third-order valence-electron chi connectivity index (χ3n) is 4.46. The average Bonchev–Trinajstić information content (AvgIpc) is 3.31. The Kier molecular flexibility index (Phi) is 10.6. The zero-order valence-corrected chi connectivity index (χ0v) is 20.6. The normalized spacial score (nSPS) is 10.0. The van der Waals surface area contributed by atoms with Gasteiger partial charge < -0.3 is 24.8 Å². The molecule has 5 rings (SSSR count). The summed E-state index contributed by atoms with van der Waals surface area (Å²) in [4.78, 5) is 0. The van der Waals surface area contributed by atoms with Crippen molar-refractivity contribution in [2.24, 2.45) is 0 Å². The van der Waals surface area contributed by atoms with Gasteiger partial charge in [-0.1, -0.05) is 69.0 Å². The van der Waals surface area contributed by atoms with E-state index in [1.54, 1.807) is 0 Å². The van der Waals surface area contributed by atoms with Gasteiger partial charge in [0.15, 0.2) is 0 Å². The van der Waals surface area contributed by atoms with Gasteiger partial charge in [-0.2, -0.15) is 53.6 Å². The first-order valence-corrected chi connectivity index (χ1v) is 9.16. The molecule has 0 aromatic heterocycles. The average molecular weight is 547 g/mol. The molecule has 0 saturated carbocycles. The second kappa shape index (κ2) is 11.8. The maximum atomic E-state index is 3.41. The number of hydrogen-bond donors (Lipinski definition) is 0. The second-order valence-electron chi connectivity index (χ2n) is 6.08. The Morgan fingerprint density at radius 1 is 0.786 bits per heavy atom. The van der Waals surface area contributed by atoms with Crippen LogP contribution >= 0.6 is 15.9 Å². The van der Waals surface area contributed by atoms with Gasteiger partial charge >= 0.3 is 26.2 Å². The van der Waals surface area contributed by atoms with Crippen molar-refractivity contribution >= 4 is 15.9 Å². The van der Waals surface area contributed by atoms with Crippen molar-refractivity contribution in [3.63, 3.8) is 0 Å². The van der Waals surface area contributed by atoms with Gasteiger partial charge in [0, 0.05) is 4.47 Å². The molecule has 0 fully saturated rings. The molecule has 28 heavy (non-hydrogen) atoms. The van der Waals surface area contributed by atoms with Crippen LogP contribution in [0, 0.1) is 6.07 Å². The topological polar surface area (TPSA) is 0 Å². The summed E-state index contributed by atoms with van der Waals surface area (Å²) in [7, 11) is 0. The molecular formula is C24H17BrCl2Zr. The van der Waals surface area contributed by atoms with Crippen molar-refractivity contribution in [2.45, 2.75) is 6.42 Å². The molecular weight excluding hydrogens is 530 g/mol. The Labute approximate surface area is 206 Å². The zero-order valence-electron chi connectivity index (χ0n) is 15.0. The van der Waals surface area contributed by atoms with Crippen LogP contribution in [0.25, 0.3) is 22.3 Å². The minimum atomic E-state index is 0. The summed E-state index contributed by atoms with van der Waals surface area (Å²) in [6, 6.07) is 34.8. The van der Waals surface area contributed by atoms with Crippen molar-refractivity contribution in [3.05, 3.63) is 113 Å². The van der Waals surface area contributed by atoms with E-state index in [9.17, 15) is 0 Å². The molecule has 0 bridgehead atoms. The molecule has 1 aliphatic rings. The molecule has 4 aromatic rings. The van der Waals surface area contributed by atoms with Crippen LogP contribution in [0.1, 0.15) is 11.1 Å². The smallest absolute Gasteiger partial charge is 1.00 e. The standard InChI is InChI=1S/C13H9.C11H8Br.2ClH.Zr/c1-3-7-12-10(5-1)9-11-6-2-4-8-13(11)12;12-11-7-5-10(6-8-11)9-3-1-2-4-9;;;/h1-5,7-8H,9H2;1-8H;2*1H;/q2*-1;;;+4/p-2. The molecule has 0 radical (unpaired) electrons. The van der Waals surface area contributed by atoms with Gasteiger partial charge in [0.05, 0.1) is 0 Å². The molecule has 1 aliphatic carbocycles. The maximum absolute atomic E-state index is 3.41. The van der Waals surface area contributed by atoms with Gasteiger partial charge in [0.2, 0.25) is 0 Å². The summed E-state index contributed by atoms with van der Waals surface area (Å²) >= 11 is 3.41. The van der Waals surface area contributed by atoms with Crippen molar-refractivity contribution < 1.29 is 51.0 Å². The molecule has 0 amide bonds. The summed E-state index contributed by atoms with van der Waals surface area (Å²) in [5.74, 6) is 0. The van der Waals surface area contributed by atoms with Gasteiger partial charge in [-0.3, -0.25) is 0 Å². The van der Waals surface area contributed by atoms with E-state index in [4.69, 9.17) is 0 Å². The number of hydrogen-bond acceptors (Lipinski definition) is 0. The molecule has 0 aliphatic heterocycles. The zero-order chi connectivity index (χ0) is 17.1. The van der Waals surface area contributed by atoms with Crippen LogP contribution in [0.2, 0.25) is 0 Å². The Hall–Kier alpha value is -1.05. The first-order valence-electron chi connectivity index (χ1n) is 8.37. The molecule has 0 nitrogen and oxygen atoms in total. The molecule has 0 unspecified atom stereocenters. The first-order chi connectivity index (χ1) is 12.3. The van der Waals surface area contributed by atoms with E-state index in [1.807, 2.05) is 6.07 Å². The fraction of sp³-hybridized carbons (Fsp3) is 0.0417. The number of rotatable bonds is 1. The SMILES string of the molecule is Brc1ccc(-c2cc[cH-]c2)cc1.[Cl-].[Cl-].[Zr+4].[c-]1cccc2c1Cc1ccccc1-2. The predicted molar refractivity (Wildman–Crippen MR) is 109 cm³/mol. The van der Waals surface area contributed by atoms with Crippen LogP contribution in [-0.4, -0.2) is 0 Å². The molecule has 4 aromatic carbocycles.